The Balaban J connectivity index is 1.62. The lowest BCUT2D eigenvalue weighted by Crippen LogP contribution is -2.49. The third-order valence-electron chi connectivity index (χ3n) is 4.84. The first-order valence-corrected chi connectivity index (χ1v) is 9.13. The number of anilines is 2. The summed E-state index contributed by atoms with van der Waals surface area (Å²) in [6.07, 6.45) is 1.65. The molecule has 3 rings (SSSR count). The second kappa shape index (κ2) is 8.17. The molecular formula is C20H25FN4O. The molecule has 0 aliphatic carbocycles. The van der Waals surface area contributed by atoms with E-state index in [1.54, 1.807) is 18.3 Å². The lowest BCUT2D eigenvalue weighted by atomic mass is 10.2. The summed E-state index contributed by atoms with van der Waals surface area (Å²) in [6, 6.07) is 10.5. The zero-order valence-electron chi connectivity index (χ0n) is 15.4. The number of benzene rings is 1. The fourth-order valence-corrected chi connectivity index (χ4v) is 3.29. The van der Waals surface area contributed by atoms with Gasteiger partial charge in [0.2, 0.25) is 0 Å². The first-order chi connectivity index (χ1) is 12.6. The summed E-state index contributed by atoms with van der Waals surface area (Å²) in [5.41, 5.74) is 1.20. The van der Waals surface area contributed by atoms with Gasteiger partial charge in [-0.3, -0.25) is 4.79 Å². The summed E-state index contributed by atoms with van der Waals surface area (Å²) in [7, 11) is 0. The van der Waals surface area contributed by atoms with Gasteiger partial charge in [0.25, 0.3) is 5.91 Å². The van der Waals surface area contributed by atoms with Crippen molar-refractivity contribution in [2.24, 2.45) is 0 Å². The van der Waals surface area contributed by atoms with Gasteiger partial charge in [0.1, 0.15) is 11.6 Å². The minimum absolute atomic E-state index is 0.0169. The summed E-state index contributed by atoms with van der Waals surface area (Å²) < 4.78 is 13.9. The topological polar surface area (TPSA) is 39.7 Å². The molecule has 6 heteroatoms. The summed E-state index contributed by atoms with van der Waals surface area (Å²) in [5, 5.41) is 0. The number of rotatable bonds is 5. The average Bonchev–Trinajstić information content (AvgIpc) is 2.69. The van der Waals surface area contributed by atoms with Crippen LogP contribution in [0.1, 0.15) is 24.2 Å². The van der Waals surface area contributed by atoms with Crippen molar-refractivity contribution in [2.45, 2.75) is 13.8 Å². The number of carbonyl (C=O) groups is 1. The number of carbonyl (C=O) groups excluding carboxylic acids is 1. The Kier molecular flexibility index (Phi) is 5.71. The molecular weight excluding hydrogens is 331 g/mol. The summed E-state index contributed by atoms with van der Waals surface area (Å²) in [6.45, 7) is 8.33. The van der Waals surface area contributed by atoms with Crippen molar-refractivity contribution >= 4 is 17.4 Å². The molecule has 0 bridgehead atoms. The van der Waals surface area contributed by atoms with E-state index in [0.717, 1.165) is 18.9 Å². The maximum atomic E-state index is 13.9. The van der Waals surface area contributed by atoms with Crippen LogP contribution >= 0.6 is 0 Å². The summed E-state index contributed by atoms with van der Waals surface area (Å²) in [5.74, 6) is 0.649. The van der Waals surface area contributed by atoms with Crippen molar-refractivity contribution < 1.29 is 9.18 Å². The highest BCUT2D eigenvalue weighted by Gasteiger charge is 2.23. The van der Waals surface area contributed by atoms with Crippen molar-refractivity contribution in [1.82, 2.24) is 9.88 Å². The number of hydrogen-bond donors (Lipinski definition) is 0. The van der Waals surface area contributed by atoms with E-state index in [1.807, 2.05) is 28.0 Å². The van der Waals surface area contributed by atoms with Crippen LogP contribution in [0.4, 0.5) is 15.9 Å². The normalized spacial score (nSPS) is 14.4. The second-order valence-electron chi connectivity index (χ2n) is 6.31. The first-order valence-electron chi connectivity index (χ1n) is 9.13. The molecule has 2 aromatic rings. The van der Waals surface area contributed by atoms with Gasteiger partial charge in [-0.15, -0.1) is 0 Å². The molecule has 2 heterocycles. The van der Waals surface area contributed by atoms with Crippen LogP contribution in [0.3, 0.4) is 0 Å². The molecule has 1 aromatic heterocycles. The quantitative estimate of drug-likeness (QED) is 0.826. The highest BCUT2D eigenvalue weighted by atomic mass is 19.1. The zero-order valence-corrected chi connectivity index (χ0v) is 15.4. The fourth-order valence-electron chi connectivity index (χ4n) is 3.29. The minimum atomic E-state index is -0.219. The van der Waals surface area contributed by atoms with Gasteiger partial charge in [-0.1, -0.05) is 12.1 Å². The Bertz CT molecular complexity index is 738. The summed E-state index contributed by atoms with van der Waals surface area (Å²) in [4.78, 5) is 23.1. The van der Waals surface area contributed by atoms with Crippen molar-refractivity contribution in [3.8, 4) is 0 Å². The predicted octanol–water partition coefficient (Wildman–Crippen LogP) is 3.03. The fraction of sp³-hybridized carbons (Fsp3) is 0.400. The average molecular weight is 356 g/mol. The Labute approximate surface area is 154 Å². The molecule has 26 heavy (non-hydrogen) atoms. The maximum absolute atomic E-state index is 13.9. The molecule has 1 aliphatic heterocycles. The van der Waals surface area contributed by atoms with Crippen LogP contribution in [-0.2, 0) is 0 Å². The van der Waals surface area contributed by atoms with E-state index >= 15 is 0 Å². The smallest absolute Gasteiger partial charge is 0.255 e. The Morgan fingerprint density at radius 2 is 1.77 bits per heavy atom. The Hall–Kier alpha value is -2.63. The molecule has 0 spiro atoms. The van der Waals surface area contributed by atoms with Gasteiger partial charge in [0.15, 0.2) is 0 Å². The number of hydrogen-bond acceptors (Lipinski definition) is 4. The first kappa shape index (κ1) is 18.2. The molecule has 0 saturated carbocycles. The van der Waals surface area contributed by atoms with Crippen LogP contribution in [-0.4, -0.2) is 55.1 Å². The number of piperazine rings is 1. The van der Waals surface area contributed by atoms with Crippen molar-refractivity contribution in [1.29, 1.82) is 0 Å². The molecule has 1 amide bonds. The largest absolute Gasteiger partial charge is 0.366 e. The number of halogens is 1. The van der Waals surface area contributed by atoms with Crippen LogP contribution in [0.25, 0.3) is 0 Å². The standard InChI is InChI=1S/C20H25FN4O/c1-3-23(4-2)19-10-9-16(15-22-19)20(26)25-13-11-24(12-14-25)18-8-6-5-7-17(18)21/h5-10,15H,3-4,11-14H2,1-2H3. The number of nitrogens with zero attached hydrogens (tertiary/aromatic N) is 4. The van der Waals surface area contributed by atoms with Crippen LogP contribution in [0.15, 0.2) is 42.6 Å². The SMILES string of the molecule is CCN(CC)c1ccc(C(=O)N2CCN(c3ccccc3F)CC2)cn1. The lowest BCUT2D eigenvalue weighted by Gasteiger charge is -2.36. The Morgan fingerprint density at radius 3 is 2.35 bits per heavy atom. The van der Waals surface area contributed by atoms with Crippen molar-refractivity contribution in [3.05, 3.63) is 54.0 Å². The molecule has 0 radical (unpaired) electrons. The molecule has 138 valence electrons. The molecule has 0 unspecified atom stereocenters. The van der Waals surface area contributed by atoms with Crippen LogP contribution in [0.2, 0.25) is 0 Å². The van der Waals surface area contributed by atoms with Gasteiger partial charge in [-0.05, 0) is 38.1 Å². The molecule has 0 atom stereocenters. The number of pyridine rings is 1. The molecule has 1 fully saturated rings. The lowest BCUT2D eigenvalue weighted by molar-refractivity contribution is 0.0746. The maximum Gasteiger partial charge on any atom is 0.255 e. The van der Waals surface area contributed by atoms with Crippen LogP contribution in [0.5, 0.6) is 0 Å². The van der Waals surface area contributed by atoms with Gasteiger partial charge in [0, 0.05) is 45.5 Å². The molecule has 1 saturated heterocycles. The van der Waals surface area contributed by atoms with Crippen LogP contribution < -0.4 is 9.80 Å². The van der Waals surface area contributed by atoms with Gasteiger partial charge in [-0.2, -0.15) is 0 Å². The number of amides is 1. The van der Waals surface area contributed by atoms with Gasteiger partial charge >= 0.3 is 0 Å². The van der Waals surface area contributed by atoms with Crippen LogP contribution in [0, 0.1) is 5.82 Å². The van der Waals surface area contributed by atoms with Gasteiger partial charge in [0.05, 0.1) is 11.3 Å². The third-order valence-corrected chi connectivity index (χ3v) is 4.84. The van der Waals surface area contributed by atoms with E-state index in [2.05, 4.69) is 23.7 Å². The number of para-hydroxylation sites is 1. The van der Waals surface area contributed by atoms with Gasteiger partial charge < -0.3 is 14.7 Å². The highest BCUT2D eigenvalue weighted by Crippen LogP contribution is 2.21. The minimum Gasteiger partial charge on any atom is -0.366 e. The molecule has 5 nitrogen and oxygen atoms in total. The van der Waals surface area contributed by atoms with Gasteiger partial charge in [-0.25, -0.2) is 9.37 Å². The molecule has 0 N–H and O–H groups in total. The molecule has 1 aliphatic rings. The van der Waals surface area contributed by atoms with Crippen molar-refractivity contribution in [3.63, 3.8) is 0 Å². The third kappa shape index (κ3) is 3.79. The monoisotopic (exact) mass is 356 g/mol. The summed E-state index contributed by atoms with van der Waals surface area (Å²) >= 11 is 0. The molecule has 1 aromatic carbocycles. The second-order valence-corrected chi connectivity index (χ2v) is 6.31. The highest BCUT2D eigenvalue weighted by molar-refractivity contribution is 5.94. The van der Waals surface area contributed by atoms with Crippen molar-refractivity contribution in [2.75, 3.05) is 49.1 Å². The van der Waals surface area contributed by atoms with E-state index in [9.17, 15) is 9.18 Å². The zero-order chi connectivity index (χ0) is 18.5. The van der Waals surface area contributed by atoms with E-state index < -0.39 is 0 Å². The van der Waals surface area contributed by atoms with E-state index in [0.29, 0.717) is 37.4 Å². The van der Waals surface area contributed by atoms with E-state index in [4.69, 9.17) is 0 Å². The van der Waals surface area contributed by atoms with E-state index in [-0.39, 0.29) is 11.7 Å². The Morgan fingerprint density at radius 1 is 1.08 bits per heavy atom. The predicted molar refractivity (Wildman–Crippen MR) is 102 cm³/mol. The number of aromatic nitrogens is 1. The van der Waals surface area contributed by atoms with E-state index in [1.165, 1.54) is 6.07 Å².